The average Bonchev–Trinajstić information content (AvgIpc) is 2.93. The Bertz CT molecular complexity index is 677. The Morgan fingerprint density at radius 1 is 1.22 bits per heavy atom. The number of carbonyl (C=O) groups excluding carboxylic acids is 1. The number of para-hydroxylation sites is 1. The second-order valence-corrected chi connectivity index (χ2v) is 5.58. The lowest BCUT2D eigenvalue weighted by atomic mass is 9.95. The van der Waals surface area contributed by atoms with Crippen LogP contribution in [0, 0.1) is 11.8 Å². The molecule has 7 nitrogen and oxygen atoms in total. The van der Waals surface area contributed by atoms with Crippen LogP contribution < -0.4 is 5.32 Å². The van der Waals surface area contributed by atoms with Crippen molar-refractivity contribution in [2.24, 2.45) is 0 Å². The van der Waals surface area contributed by atoms with Crippen LogP contribution in [0.4, 0.5) is 5.69 Å². The summed E-state index contributed by atoms with van der Waals surface area (Å²) in [7, 11) is 0. The van der Waals surface area contributed by atoms with Gasteiger partial charge in [0.25, 0.3) is 0 Å². The number of aliphatic hydroxyl groups is 4. The summed E-state index contributed by atoms with van der Waals surface area (Å²) < 4.78 is 5.32. The minimum absolute atomic E-state index is 0.109. The number of fused-ring (bicyclic) bond motifs is 1. The van der Waals surface area contributed by atoms with Crippen molar-refractivity contribution in [1.82, 2.24) is 0 Å². The Kier molecular flexibility index (Phi) is 4.35. The first-order chi connectivity index (χ1) is 11.0. The molecule has 5 N–H and O–H groups in total. The smallest absolute Gasteiger partial charge is 0.228 e. The first kappa shape index (κ1) is 15.9. The van der Waals surface area contributed by atoms with Gasteiger partial charge in [-0.3, -0.25) is 4.79 Å². The third-order valence-electron chi connectivity index (χ3n) is 4.01. The molecule has 0 unspecified atom stereocenters. The lowest BCUT2D eigenvalue weighted by Crippen LogP contribution is -2.58. The van der Waals surface area contributed by atoms with Gasteiger partial charge in [0.15, 0.2) is 0 Å². The maximum Gasteiger partial charge on any atom is 0.228 e. The molecule has 5 atom stereocenters. The van der Waals surface area contributed by atoms with E-state index in [0.29, 0.717) is 17.7 Å². The van der Waals surface area contributed by atoms with E-state index in [-0.39, 0.29) is 5.91 Å². The summed E-state index contributed by atoms with van der Waals surface area (Å²) in [4.78, 5) is 11.5. The minimum Gasteiger partial charge on any atom is -0.394 e. The highest BCUT2D eigenvalue weighted by Crippen LogP contribution is 2.27. The van der Waals surface area contributed by atoms with Crippen LogP contribution in [0.5, 0.6) is 0 Å². The number of hydrogen-bond donors (Lipinski definition) is 5. The Labute approximate surface area is 132 Å². The van der Waals surface area contributed by atoms with E-state index >= 15 is 0 Å². The number of amides is 1. The lowest BCUT2D eigenvalue weighted by Gasteiger charge is -2.37. The molecule has 1 fully saturated rings. The van der Waals surface area contributed by atoms with E-state index in [9.17, 15) is 20.1 Å². The van der Waals surface area contributed by atoms with Crippen molar-refractivity contribution < 1.29 is 30.0 Å². The normalized spacial score (nSPS) is 32.7. The molecule has 2 aliphatic rings. The SMILES string of the molecule is O=C1Cc2cccc(C#C[C@H]3O[C@H](CO)[C@@H](O)[C@H](O)[C@@H]3O)c2N1. The standard InChI is InChI=1S/C16H17NO6/c18-7-11-15(21)16(22)14(20)10(23-11)5-4-8-2-1-3-9-6-12(19)17-13(8)9/h1-3,10-11,14-16,18,20-22H,6-7H2,(H,17,19)/t10-,11-,14-,15-,16-/m1/s1. The van der Waals surface area contributed by atoms with Crippen molar-refractivity contribution in [2.75, 3.05) is 11.9 Å². The van der Waals surface area contributed by atoms with Crippen LogP contribution in [0.25, 0.3) is 0 Å². The monoisotopic (exact) mass is 319 g/mol. The van der Waals surface area contributed by atoms with E-state index in [0.717, 1.165) is 5.56 Å². The highest BCUT2D eigenvalue weighted by molar-refractivity contribution is 6.00. The molecule has 7 heteroatoms. The van der Waals surface area contributed by atoms with Gasteiger partial charge in [0, 0.05) is 5.56 Å². The van der Waals surface area contributed by atoms with E-state index in [1.807, 2.05) is 6.07 Å². The Balaban J connectivity index is 1.85. The minimum atomic E-state index is -1.46. The summed E-state index contributed by atoms with van der Waals surface area (Å²) in [6.45, 7) is -0.500. The van der Waals surface area contributed by atoms with E-state index in [1.165, 1.54) is 0 Å². The molecule has 1 aromatic carbocycles. The average molecular weight is 319 g/mol. The van der Waals surface area contributed by atoms with Crippen molar-refractivity contribution in [3.05, 3.63) is 29.3 Å². The number of ether oxygens (including phenoxy) is 1. The molecular formula is C16H17NO6. The van der Waals surface area contributed by atoms with Crippen LogP contribution in [0.3, 0.4) is 0 Å². The van der Waals surface area contributed by atoms with Crippen LogP contribution >= 0.6 is 0 Å². The van der Waals surface area contributed by atoms with Crippen molar-refractivity contribution in [3.63, 3.8) is 0 Å². The van der Waals surface area contributed by atoms with Crippen molar-refractivity contribution in [2.45, 2.75) is 36.9 Å². The van der Waals surface area contributed by atoms with Crippen molar-refractivity contribution in [3.8, 4) is 11.8 Å². The Morgan fingerprint density at radius 3 is 2.74 bits per heavy atom. The largest absolute Gasteiger partial charge is 0.394 e. The molecule has 0 radical (unpaired) electrons. The zero-order valence-electron chi connectivity index (χ0n) is 12.1. The van der Waals surface area contributed by atoms with Crippen LogP contribution in [-0.4, -0.2) is 63.5 Å². The molecule has 3 rings (SSSR count). The quantitative estimate of drug-likeness (QED) is 0.397. The molecular weight excluding hydrogens is 302 g/mol. The maximum absolute atomic E-state index is 11.5. The highest BCUT2D eigenvalue weighted by atomic mass is 16.5. The molecule has 1 saturated heterocycles. The number of aliphatic hydroxyl groups excluding tert-OH is 4. The first-order valence-electron chi connectivity index (χ1n) is 7.25. The van der Waals surface area contributed by atoms with Crippen LogP contribution in [-0.2, 0) is 16.0 Å². The molecule has 23 heavy (non-hydrogen) atoms. The summed E-state index contributed by atoms with van der Waals surface area (Å²) in [5.41, 5.74) is 2.05. The fourth-order valence-corrected chi connectivity index (χ4v) is 2.73. The molecule has 0 aromatic heterocycles. The lowest BCUT2D eigenvalue weighted by molar-refractivity contribution is -0.214. The Morgan fingerprint density at radius 2 is 2.00 bits per heavy atom. The number of hydrogen-bond acceptors (Lipinski definition) is 6. The molecule has 2 aliphatic heterocycles. The fraction of sp³-hybridized carbons (Fsp3) is 0.438. The molecule has 0 spiro atoms. The number of carbonyl (C=O) groups is 1. The van der Waals surface area contributed by atoms with Gasteiger partial charge in [-0.1, -0.05) is 24.0 Å². The van der Waals surface area contributed by atoms with Crippen molar-refractivity contribution in [1.29, 1.82) is 0 Å². The third-order valence-corrected chi connectivity index (χ3v) is 4.01. The predicted molar refractivity (Wildman–Crippen MR) is 79.4 cm³/mol. The summed E-state index contributed by atoms with van der Waals surface area (Å²) >= 11 is 0. The number of nitrogens with one attached hydrogen (secondary N) is 1. The van der Waals surface area contributed by atoms with Gasteiger partial charge in [0.2, 0.25) is 5.91 Å². The summed E-state index contributed by atoms with van der Waals surface area (Å²) in [5.74, 6) is 5.40. The van der Waals surface area contributed by atoms with E-state index in [2.05, 4.69) is 17.2 Å². The predicted octanol–water partition coefficient (Wildman–Crippen LogP) is -1.62. The molecule has 0 saturated carbocycles. The zero-order valence-corrected chi connectivity index (χ0v) is 12.1. The summed E-state index contributed by atoms with van der Waals surface area (Å²) in [6, 6.07) is 5.32. The Hall–Kier alpha value is -1.95. The van der Waals surface area contributed by atoms with Gasteiger partial charge >= 0.3 is 0 Å². The molecule has 1 aromatic rings. The van der Waals surface area contributed by atoms with Gasteiger partial charge < -0.3 is 30.5 Å². The molecule has 1 amide bonds. The van der Waals surface area contributed by atoms with Gasteiger partial charge in [0.1, 0.15) is 30.5 Å². The third kappa shape index (κ3) is 2.95. The molecule has 0 bridgehead atoms. The van der Waals surface area contributed by atoms with Crippen molar-refractivity contribution >= 4 is 11.6 Å². The van der Waals surface area contributed by atoms with Gasteiger partial charge in [-0.05, 0) is 11.6 Å². The number of anilines is 1. The van der Waals surface area contributed by atoms with Crippen LogP contribution in [0.2, 0.25) is 0 Å². The maximum atomic E-state index is 11.5. The van der Waals surface area contributed by atoms with Gasteiger partial charge in [-0.2, -0.15) is 0 Å². The molecule has 0 aliphatic carbocycles. The molecule has 2 heterocycles. The van der Waals surface area contributed by atoms with E-state index in [1.54, 1.807) is 12.1 Å². The topological polar surface area (TPSA) is 119 Å². The van der Waals surface area contributed by atoms with E-state index in [4.69, 9.17) is 9.84 Å². The molecule has 122 valence electrons. The second-order valence-electron chi connectivity index (χ2n) is 5.58. The van der Waals surface area contributed by atoms with Crippen LogP contribution in [0.15, 0.2) is 18.2 Å². The zero-order chi connectivity index (χ0) is 16.6. The number of rotatable bonds is 1. The summed E-state index contributed by atoms with van der Waals surface area (Å²) in [5, 5.41) is 41.3. The summed E-state index contributed by atoms with van der Waals surface area (Å²) in [6.07, 6.45) is -6.01. The number of benzene rings is 1. The van der Waals surface area contributed by atoms with Gasteiger partial charge in [0.05, 0.1) is 18.7 Å². The highest BCUT2D eigenvalue weighted by Gasteiger charge is 2.42. The second kappa shape index (κ2) is 6.28. The first-order valence-corrected chi connectivity index (χ1v) is 7.25. The van der Waals surface area contributed by atoms with Gasteiger partial charge in [-0.25, -0.2) is 0 Å². The fourth-order valence-electron chi connectivity index (χ4n) is 2.73. The van der Waals surface area contributed by atoms with E-state index < -0.39 is 37.1 Å². The van der Waals surface area contributed by atoms with Gasteiger partial charge in [-0.15, -0.1) is 0 Å². The van der Waals surface area contributed by atoms with Crippen LogP contribution in [0.1, 0.15) is 11.1 Å².